The molecule has 0 saturated heterocycles. The highest BCUT2D eigenvalue weighted by Crippen LogP contribution is 2.11. The maximum atomic E-state index is 10.6. The van der Waals surface area contributed by atoms with E-state index >= 15 is 0 Å². The summed E-state index contributed by atoms with van der Waals surface area (Å²) in [4.78, 5) is 13.8. The van der Waals surface area contributed by atoms with Crippen molar-refractivity contribution < 1.29 is 8.76 Å². The van der Waals surface area contributed by atoms with E-state index in [1.807, 2.05) is 0 Å². The minimum Gasteiger partial charge on any atom is -0.767 e. The average molecular weight is 183 g/mol. The van der Waals surface area contributed by atoms with Crippen molar-refractivity contribution in [2.45, 2.75) is 5.03 Å². The van der Waals surface area contributed by atoms with E-state index in [2.05, 4.69) is 19.9 Å². The number of nitrogens with one attached hydrogen (secondary N) is 1. The molecule has 1 N–H and O–H groups in total. The molecule has 2 aromatic heterocycles. The molecule has 2 rings (SSSR count). The van der Waals surface area contributed by atoms with Gasteiger partial charge in [0.25, 0.3) is 0 Å². The van der Waals surface area contributed by atoms with Crippen molar-refractivity contribution in [3.63, 3.8) is 0 Å². The van der Waals surface area contributed by atoms with Crippen LogP contribution in [0.25, 0.3) is 11.2 Å². The number of nitrogens with zero attached hydrogens (tertiary/aromatic N) is 3. The molecule has 62 valence electrons. The van der Waals surface area contributed by atoms with E-state index < -0.39 is 11.1 Å². The fraction of sp³-hybridized carbons (Fsp3) is 0. The second-order valence-electron chi connectivity index (χ2n) is 2.01. The Morgan fingerprint density at radius 2 is 2.25 bits per heavy atom. The third-order valence-corrected chi connectivity index (χ3v) is 1.97. The molecule has 0 radical (unpaired) electrons. The third-order valence-electron chi connectivity index (χ3n) is 1.35. The van der Waals surface area contributed by atoms with Gasteiger partial charge in [-0.15, -0.1) is 0 Å². The van der Waals surface area contributed by atoms with Gasteiger partial charge in [0.05, 0.1) is 6.33 Å². The lowest BCUT2D eigenvalue weighted by atomic mass is 10.6. The van der Waals surface area contributed by atoms with Crippen LogP contribution < -0.4 is 0 Å². The van der Waals surface area contributed by atoms with Crippen molar-refractivity contribution >= 4 is 22.2 Å². The standard InChI is InChI=1S/C5H4N4O2S/c10-12(11)5-3-4(7-1-6-3)8-2-9-5/h1-2H,(H,10,11)(H,6,7,8,9)/p-1. The molecule has 6 nitrogen and oxygen atoms in total. The summed E-state index contributed by atoms with van der Waals surface area (Å²) in [7, 11) is 0. The molecule has 0 spiro atoms. The molecule has 12 heavy (non-hydrogen) atoms. The van der Waals surface area contributed by atoms with Crippen molar-refractivity contribution in [3.05, 3.63) is 12.7 Å². The second-order valence-corrected chi connectivity index (χ2v) is 2.87. The molecular weight excluding hydrogens is 180 g/mol. The Morgan fingerprint density at radius 3 is 3.00 bits per heavy atom. The SMILES string of the molecule is O=S([O-])c1ncnc2nc[nH]c12. The first-order valence-corrected chi connectivity index (χ1v) is 4.10. The van der Waals surface area contributed by atoms with Crippen LogP contribution in [0.2, 0.25) is 0 Å². The van der Waals surface area contributed by atoms with Gasteiger partial charge >= 0.3 is 0 Å². The second kappa shape index (κ2) is 2.61. The van der Waals surface area contributed by atoms with Crippen LogP contribution in [0.5, 0.6) is 0 Å². The Balaban J connectivity index is 2.82. The highest BCUT2D eigenvalue weighted by Gasteiger charge is 2.04. The van der Waals surface area contributed by atoms with Crippen LogP contribution in [0.3, 0.4) is 0 Å². The third kappa shape index (κ3) is 0.990. The highest BCUT2D eigenvalue weighted by atomic mass is 32.2. The van der Waals surface area contributed by atoms with Gasteiger partial charge in [0.2, 0.25) is 0 Å². The monoisotopic (exact) mass is 183 g/mol. The first-order chi connectivity index (χ1) is 5.79. The molecule has 1 atom stereocenters. The molecule has 2 aromatic rings. The lowest BCUT2D eigenvalue weighted by Gasteiger charge is -2.02. The van der Waals surface area contributed by atoms with Crippen LogP contribution in [0.15, 0.2) is 17.7 Å². The number of hydrogen-bond acceptors (Lipinski definition) is 5. The number of hydrogen-bond donors (Lipinski definition) is 1. The molecule has 1 unspecified atom stereocenters. The highest BCUT2D eigenvalue weighted by molar-refractivity contribution is 7.79. The summed E-state index contributed by atoms with van der Waals surface area (Å²) < 4.78 is 21.1. The van der Waals surface area contributed by atoms with E-state index in [1.165, 1.54) is 6.33 Å². The van der Waals surface area contributed by atoms with Gasteiger partial charge in [-0.25, -0.2) is 15.0 Å². The van der Waals surface area contributed by atoms with Crippen LogP contribution in [-0.2, 0) is 11.1 Å². The molecule has 0 bridgehead atoms. The molecule has 0 aliphatic heterocycles. The molecule has 0 aliphatic rings. The maximum absolute atomic E-state index is 10.6. The maximum Gasteiger partial charge on any atom is 0.181 e. The quantitative estimate of drug-likeness (QED) is 0.479. The van der Waals surface area contributed by atoms with Crippen molar-refractivity contribution in [2.24, 2.45) is 0 Å². The number of fused-ring (bicyclic) bond motifs is 1. The zero-order valence-electron chi connectivity index (χ0n) is 5.72. The van der Waals surface area contributed by atoms with Crippen LogP contribution in [0.4, 0.5) is 0 Å². The summed E-state index contributed by atoms with van der Waals surface area (Å²) in [5, 5.41) is -0.0579. The van der Waals surface area contributed by atoms with Gasteiger partial charge in [-0.3, -0.25) is 4.21 Å². The summed E-state index contributed by atoms with van der Waals surface area (Å²) >= 11 is -2.35. The first-order valence-electron chi connectivity index (χ1n) is 3.02. The predicted octanol–water partition coefficient (Wildman–Crippen LogP) is -0.409. The van der Waals surface area contributed by atoms with Crippen LogP contribution in [-0.4, -0.2) is 28.7 Å². The predicted molar refractivity (Wildman–Crippen MR) is 38.9 cm³/mol. The van der Waals surface area contributed by atoms with Gasteiger partial charge in [0, 0.05) is 0 Å². The fourth-order valence-corrected chi connectivity index (χ4v) is 1.32. The van der Waals surface area contributed by atoms with Gasteiger partial charge in [0.1, 0.15) is 16.9 Å². The largest absolute Gasteiger partial charge is 0.767 e. The zero-order chi connectivity index (χ0) is 8.55. The van der Waals surface area contributed by atoms with Gasteiger partial charge in [0.15, 0.2) is 5.65 Å². The molecular formula is C5H3N4O2S-. The Hall–Kier alpha value is -1.34. The first kappa shape index (κ1) is 7.32. The topological polar surface area (TPSA) is 94.6 Å². The molecule has 0 aromatic carbocycles. The Labute approximate surface area is 69.4 Å². The summed E-state index contributed by atoms with van der Waals surface area (Å²) in [5.74, 6) is 0. The summed E-state index contributed by atoms with van der Waals surface area (Å²) in [6, 6.07) is 0. The van der Waals surface area contributed by atoms with E-state index in [0.29, 0.717) is 11.2 Å². The van der Waals surface area contributed by atoms with Gasteiger partial charge in [-0.05, 0) is 11.1 Å². The number of rotatable bonds is 1. The van der Waals surface area contributed by atoms with Crippen molar-refractivity contribution in [1.82, 2.24) is 19.9 Å². The van der Waals surface area contributed by atoms with E-state index in [1.54, 1.807) is 0 Å². The summed E-state index contributed by atoms with van der Waals surface area (Å²) in [6.07, 6.45) is 2.53. The lowest BCUT2D eigenvalue weighted by molar-refractivity contribution is 0.534. The number of H-pyrrole nitrogens is 1. The molecule has 0 amide bonds. The van der Waals surface area contributed by atoms with Crippen molar-refractivity contribution in [3.8, 4) is 0 Å². The lowest BCUT2D eigenvalue weighted by Crippen LogP contribution is -1.95. The van der Waals surface area contributed by atoms with E-state index in [0.717, 1.165) is 6.33 Å². The molecule has 0 fully saturated rings. The van der Waals surface area contributed by atoms with Crippen molar-refractivity contribution in [2.75, 3.05) is 0 Å². The Kier molecular flexibility index (Phi) is 1.59. The number of aromatic amines is 1. The zero-order valence-corrected chi connectivity index (χ0v) is 6.54. The number of imidazole rings is 1. The van der Waals surface area contributed by atoms with Crippen LogP contribution in [0.1, 0.15) is 0 Å². The van der Waals surface area contributed by atoms with Gasteiger partial charge in [-0.1, -0.05) is 0 Å². The van der Waals surface area contributed by atoms with E-state index in [4.69, 9.17) is 0 Å². The Bertz CT molecular complexity index is 440. The van der Waals surface area contributed by atoms with Crippen LogP contribution in [0, 0.1) is 0 Å². The molecule has 2 heterocycles. The van der Waals surface area contributed by atoms with Gasteiger partial charge < -0.3 is 9.54 Å². The van der Waals surface area contributed by atoms with Crippen molar-refractivity contribution in [1.29, 1.82) is 0 Å². The van der Waals surface area contributed by atoms with Crippen LogP contribution >= 0.6 is 0 Å². The normalized spacial score (nSPS) is 13.4. The van der Waals surface area contributed by atoms with E-state index in [9.17, 15) is 8.76 Å². The minimum absolute atomic E-state index is 0.0579. The average Bonchev–Trinajstić information content (AvgIpc) is 2.49. The fourth-order valence-electron chi connectivity index (χ4n) is 0.869. The smallest absolute Gasteiger partial charge is 0.181 e. The van der Waals surface area contributed by atoms with E-state index in [-0.39, 0.29) is 5.03 Å². The molecule has 7 heteroatoms. The summed E-state index contributed by atoms with van der Waals surface area (Å²) in [5.41, 5.74) is 0.690. The molecule has 0 saturated carbocycles. The minimum atomic E-state index is -2.35. The Morgan fingerprint density at radius 1 is 1.42 bits per heavy atom. The van der Waals surface area contributed by atoms with Gasteiger partial charge in [-0.2, -0.15) is 0 Å². The molecule has 0 aliphatic carbocycles. The summed E-state index contributed by atoms with van der Waals surface area (Å²) in [6.45, 7) is 0. The number of aromatic nitrogens is 4.